The van der Waals surface area contributed by atoms with E-state index in [4.69, 9.17) is 11.1 Å². The molecular weight excluding hydrogens is 267 g/mol. The number of hydrogen-bond donors (Lipinski definition) is 2. The van der Waals surface area contributed by atoms with Gasteiger partial charge in [0, 0.05) is 5.69 Å². The minimum atomic E-state index is -4.51. The van der Waals surface area contributed by atoms with Crippen LogP contribution in [0.25, 0.3) is 0 Å². The second-order valence-corrected chi connectivity index (χ2v) is 4.07. The van der Waals surface area contributed by atoms with Gasteiger partial charge in [0.15, 0.2) is 5.96 Å². The van der Waals surface area contributed by atoms with Gasteiger partial charge in [-0.1, -0.05) is 30.3 Å². The van der Waals surface area contributed by atoms with E-state index >= 15 is 0 Å². The maximum atomic E-state index is 13.0. The molecule has 3 nitrogen and oxygen atoms in total. The van der Waals surface area contributed by atoms with Gasteiger partial charge in [-0.15, -0.1) is 0 Å². The Labute approximate surface area is 114 Å². The number of anilines is 2. The smallest absolute Gasteiger partial charge is 0.369 e. The molecule has 0 unspecified atom stereocenters. The van der Waals surface area contributed by atoms with Gasteiger partial charge in [-0.25, -0.2) is 0 Å². The quantitative estimate of drug-likeness (QED) is 0.650. The SMILES string of the molecule is N=C(N)N(c1ccccc1)c1ccccc1C(F)(F)F. The summed E-state index contributed by atoms with van der Waals surface area (Å²) in [7, 11) is 0. The van der Waals surface area contributed by atoms with Crippen molar-refractivity contribution < 1.29 is 13.2 Å². The van der Waals surface area contributed by atoms with Crippen molar-refractivity contribution in [2.75, 3.05) is 4.90 Å². The lowest BCUT2D eigenvalue weighted by Gasteiger charge is -2.26. The van der Waals surface area contributed by atoms with Gasteiger partial charge in [-0.3, -0.25) is 10.3 Å². The Hall–Kier alpha value is -2.50. The molecule has 0 heterocycles. The average Bonchev–Trinajstić information content (AvgIpc) is 2.39. The number of rotatable bonds is 2. The molecule has 3 N–H and O–H groups in total. The van der Waals surface area contributed by atoms with E-state index < -0.39 is 17.7 Å². The third kappa shape index (κ3) is 2.74. The van der Waals surface area contributed by atoms with Crippen molar-refractivity contribution in [3.63, 3.8) is 0 Å². The van der Waals surface area contributed by atoms with Crippen LogP contribution >= 0.6 is 0 Å². The molecule has 0 radical (unpaired) electrons. The van der Waals surface area contributed by atoms with Gasteiger partial charge in [-0.2, -0.15) is 13.2 Å². The molecule has 104 valence electrons. The molecule has 0 saturated heterocycles. The topological polar surface area (TPSA) is 53.1 Å². The molecule has 0 aliphatic rings. The van der Waals surface area contributed by atoms with Crippen molar-refractivity contribution in [2.24, 2.45) is 5.73 Å². The zero-order valence-electron chi connectivity index (χ0n) is 10.4. The molecular formula is C14H12F3N3. The Kier molecular flexibility index (Phi) is 3.65. The van der Waals surface area contributed by atoms with Crippen LogP contribution in [0.3, 0.4) is 0 Å². The Morgan fingerprint density at radius 1 is 0.950 bits per heavy atom. The van der Waals surface area contributed by atoms with Crippen LogP contribution in [0.4, 0.5) is 24.5 Å². The maximum Gasteiger partial charge on any atom is 0.418 e. The highest BCUT2D eigenvalue weighted by atomic mass is 19.4. The van der Waals surface area contributed by atoms with E-state index in [9.17, 15) is 13.2 Å². The molecule has 0 fully saturated rings. The van der Waals surface area contributed by atoms with E-state index in [0.717, 1.165) is 11.0 Å². The summed E-state index contributed by atoms with van der Waals surface area (Å²) in [5.74, 6) is -0.479. The number of halogens is 3. The fourth-order valence-electron chi connectivity index (χ4n) is 1.89. The highest BCUT2D eigenvalue weighted by molar-refractivity contribution is 6.00. The van der Waals surface area contributed by atoms with Gasteiger partial charge in [0.25, 0.3) is 0 Å². The largest absolute Gasteiger partial charge is 0.418 e. The van der Waals surface area contributed by atoms with E-state index in [1.54, 1.807) is 30.3 Å². The standard InChI is InChI=1S/C14H12F3N3/c15-14(16,17)11-8-4-5-9-12(11)20(13(18)19)10-6-2-1-3-7-10/h1-9H,(H3,18,19). The highest BCUT2D eigenvalue weighted by Crippen LogP contribution is 2.38. The van der Waals surface area contributed by atoms with Crippen LogP contribution in [-0.4, -0.2) is 5.96 Å². The lowest BCUT2D eigenvalue weighted by Crippen LogP contribution is -2.33. The predicted octanol–water partition coefficient (Wildman–Crippen LogP) is 3.74. The van der Waals surface area contributed by atoms with E-state index in [0.29, 0.717) is 5.69 Å². The third-order valence-corrected chi connectivity index (χ3v) is 2.71. The van der Waals surface area contributed by atoms with Gasteiger partial charge in [-0.05, 0) is 24.3 Å². The number of guanidine groups is 1. The molecule has 6 heteroatoms. The predicted molar refractivity (Wildman–Crippen MR) is 71.9 cm³/mol. The van der Waals surface area contributed by atoms with Crippen LogP contribution in [0.1, 0.15) is 5.56 Å². The van der Waals surface area contributed by atoms with Crippen LogP contribution in [0.15, 0.2) is 54.6 Å². The zero-order chi connectivity index (χ0) is 14.8. The average molecular weight is 279 g/mol. The zero-order valence-corrected chi connectivity index (χ0v) is 10.4. The monoisotopic (exact) mass is 279 g/mol. The fourth-order valence-corrected chi connectivity index (χ4v) is 1.89. The summed E-state index contributed by atoms with van der Waals surface area (Å²) in [6.45, 7) is 0. The number of para-hydroxylation sites is 2. The third-order valence-electron chi connectivity index (χ3n) is 2.71. The summed E-state index contributed by atoms with van der Waals surface area (Å²) in [5.41, 5.74) is 4.85. The molecule has 2 aromatic rings. The Bertz CT molecular complexity index is 609. The summed E-state index contributed by atoms with van der Waals surface area (Å²) in [5, 5.41) is 7.56. The summed E-state index contributed by atoms with van der Waals surface area (Å²) >= 11 is 0. The van der Waals surface area contributed by atoms with Gasteiger partial charge in [0.05, 0.1) is 11.3 Å². The van der Waals surface area contributed by atoms with E-state index in [-0.39, 0.29) is 5.69 Å². The molecule has 0 saturated carbocycles. The second kappa shape index (κ2) is 5.24. The first-order valence-corrected chi connectivity index (χ1v) is 5.76. The van der Waals surface area contributed by atoms with Crippen LogP contribution in [0.2, 0.25) is 0 Å². The maximum absolute atomic E-state index is 13.0. The van der Waals surface area contributed by atoms with Crippen LogP contribution in [0.5, 0.6) is 0 Å². The molecule has 0 amide bonds. The molecule has 0 atom stereocenters. The lowest BCUT2D eigenvalue weighted by molar-refractivity contribution is -0.137. The summed E-state index contributed by atoms with van der Waals surface area (Å²) in [6.07, 6.45) is -4.51. The molecule has 0 aliphatic carbocycles. The first kappa shape index (κ1) is 13.9. The molecule has 0 aliphatic heterocycles. The lowest BCUT2D eigenvalue weighted by atomic mass is 10.1. The molecule has 2 rings (SSSR count). The Morgan fingerprint density at radius 3 is 2.05 bits per heavy atom. The normalized spacial score (nSPS) is 11.2. The van der Waals surface area contributed by atoms with Crippen LogP contribution in [-0.2, 0) is 6.18 Å². The van der Waals surface area contributed by atoms with Crippen molar-refractivity contribution in [2.45, 2.75) is 6.18 Å². The minimum absolute atomic E-state index is 0.168. The molecule has 0 aromatic heterocycles. The fraction of sp³-hybridized carbons (Fsp3) is 0.0714. The Balaban J connectivity index is 2.60. The number of benzene rings is 2. The number of hydrogen-bond acceptors (Lipinski definition) is 1. The summed E-state index contributed by atoms with van der Waals surface area (Å²) in [6, 6.07) is 13.3. The van der Waals surface area contributed by atoms with Gasteiger partial charge < -0.3 is 5.73 Å². The van der Waals surface area contributed by atoms with E-state index in [1.165, 1.54) is 18.2 Å². The highest BCUT2D eigenvalue weighted by Gasteiger charge is 2.35. The van der Waals surface area contributed by atoms with Crippen molar-refractivity contribution in [1.82, 2.24) is 0 Å². The van der Waals surface area contributed by atoms with Crippen molar-refractivity contribution >= 4 is 17.3 Å². The molecule has 0 spiro atoms. The van der Waals surface area contributed by atoms with Crippen molar-refractivity contribution in [3.05, 3.63) is 60.2 Å². The van der Waals surface area contributed by atoms with Gasteiger partial charge in [0.2, 0.25) is 0 Å². The summed E-state index contributed by atoms with van der Waals surface area (Å²) < 4.78 is 39.1. The first-order valence-electron chi connectivity index (χ1n) is 5.76. The number of nitrogens with zero attached hydrogens (tertiary/aromatic N) is 1. The number of nitrogens with one attached hydrogen (secondary N) is 1. The molecule has 20 heavy (non-hydrogen) atoms. The van der Waals surface area contributed by atoms with E-state index in [2.05, 4.69) is 0 Å². The first-order chi connectivity index (χ1) is 9.41. The molecule has 0 bridgehead atoms. The van der Waals surface area contributed by atoms with Crippen molar-refractivity contribution in [1.29, 1.82) is 5.41 Å². The number of nitrogens with two attached hydrogens (primary N) is 1. The van der Waals surface area contributed by atoms with Crippen molar-refractivity contribution in [3.8, 4) is 0 Å². The minimum Gasteiger partial charge on any atom is -0.369 e. The van der Waals surface area contributed by atoms with Crippen LogP contribution in [0, 0.1) is 5.41 Å². The van der Waals surface area contributed by atoms with E-state index in [1.807, 2.05) is 0 Å². The van der Waals surface area contributed by atoms with Gasteiger partial charge >= 0.3 is 6.18 Å². The second-order valence-electron chi connectivity index (χ2n) is 4.07. The molecule has 2 aromatic carbocycles. The number of alkyl halides is 3. The van der Waals surface area contributed by atoms with Crippen LogP contribution < -0.4 is 10.6 Å². The van der Waals surface area contributed by atoms with Gasteiger partial charge in [0.1, 0.15) is 0 Å². The summed E-state index contributed by atoms with van der Waals surface area (Å²) in [4.78, 5) is 1.06. The Morgan fingerprint density at radius 2 is 1.50 bits per heavy atom.